The van der Waals surface area contributed by atoms with Crippen LogP contribution in [0, 0.1) is 10.1 Å². The molecule has 15 heteroatoms. The van der Waals surface area contributed by atoms with E-state index in [2.05, 4.69) is 11.9 Å². The topological polar surface area (TPSA) is 174 Å². The van der Waals surface area contributed by atoms with Gasteiger partial charge in [-0.05, 0) is 37.9 Å². The number of nitrogens with zero attached hydrogens (tertiary/aromatic N) is 2. The molecule has 1 aliphatic heterocycles. The minimum atomic E-state index is -4.44. The Morgan fingerprint density at radius 2 is 1.70 bits per heavy atom. The highest BCUT2D eigenvalue weighted by Gasteiger charge is 2.61. The number of amides is 3. The highest BCUT2D eigenvalue weighted by molar-refractivity contribution is 7.90. The SMILES string of the molecule is C=CC[C@@H](OC(=O)NS(=O)(=O)c1ccc([N+](=O)[O-])cc1)[C@H]1[C@@H](NC(=O)OC(C)(C)C)C(=O)N1[Si](C)(C)C(C)(C)C. The number of rotatable bonds is 9. The average molecular weight is 599 g/mol. The Morgan fingerprint density at radius 3 is 2.15 bits per heavy atom. The van der Waals surface area contributed by atoms with Crippen molar-refractivity contribution in [3.05, 3.63) is 47.0 Å². The first-order valence-electron chi connectivity index (χ1n) is 12.5. The summed E-state index contributed by atoms with van der Waals surface area (Å²) in [5, 5.41) is 13.1. The van der Waals surface area contributed by atoms with Crippen molar-refractivity contribution < 1.29 is 37.2 Å². The molecule has 3 amide bonds. The van der Waals surface area contributed by atoms with Crippen LogP contribution in [-0.4, -0.2) is 68.0 Å². The molecular formula is C25H38N4O9SSi. The van der Waals surface area contributed by atoms with Gasteiger partial charge in [-0.15, -0.1) is 6.58 Å². The summed E-state index contributed by atoms with van der Waals surface area (Å²) in [6.07, 6.45) is -1.72. The second-order valence-corrected chi connectivity index (χ2v) is 18.7. The molecule has 1 fully saturated rings. The Morgan fingerprint density at radius 1 is 1.15 bits per heavy atom. The van der Waals surface area contributed by atoms with Crippen molar-refractivity contribution in [3.8, 4) is 0 Å². The van der Waals surface area contributed by atoms with E-state index in [9.17, 15) is 32.9 Å². The molecule has 1 aliphatic rings. The maximum absolute atomic E-state index is 13.4. The molecule has 222 valence electrons. The van der Waals surface area contributed by atoms with E-state index in [4.69, 9.17) is 9.47 Å². The first-order valence-corrected chi connectivity index (χ1v) is 17.0. The summed E-state index contributed by atoms with van der Waals surface area (Å²) in [4.78, 5) is 48.6. The third-order valence-corrected chi connectivity index (χ3v) is 13.6. The molecule has 1 heterocycles. The third kappa shape index (κ3) is 7.38. The van der Waals surface area contributed by atoms with Crippen LogP contribution in [0.1, 0.15) is 48.0 Å². The maximum atomic E-state index is 13.4. The number of nitro groups is 1. The van der Waals surface area contributed by atoms with Crippen molar-refractivity contribution >= 4 is 42.0 Å². The summed E-state index contributed by atoms with van der Waals surface area (Å²) in [5.74, 6) is -0.362. The van der Waals surface area contributed by atoms with Gasteiger partial charge in [0.25, 0.3) is 15.7 Å². The highest BCUT2D eigenvalue weighted by Crippen LogP contribution is 2.44. The van der Waals surface area contributed by atoms with E-state index in [1.807, 2.05) is 33.9 Å². The molecule has 1 saturated heterocycles. The molecule has 0 saturated carbocycles. The van der Waals surface area contributed by atoms with Gasteiger partial charge < -0.3 is 19.4 Å². The fraction of sp³-hybridized carbons (Fsp3) is 0.560. The monoisotopic (exact) mass is 598 g/mol. The number of carbonyl (C=O) groups excluding carboxylic acids is 3. The predicted octanol–water partition coefficient (Wildman–Crippen LogP) is 4.06. The molecule has 13 nitrogen and oxygen atoms in total. The summed E-state index contributed by atoms with van der Waals surface area (Å²) in [6.45, 7) is 18.6. The van der Waals surface area contributed by atoms with E-state index in [0.29, 0.717) is 0 Å². The standard InChI is InChI=1S/C25H38N4O9SSi/c1-10-11-18(37-23(32)27-39(35,36)17-14-12-16(13-15-17)29(33)34)20-19(26-22(31)38-24(2,3)4)21(30)28(20)40(8,9)25(5,6)7/h10,12-15,18-20H,1,11H2,2-9H3,(H,26,31)(H,27,32)/t18-,19-,20+/m1/s1. The molecule has 40 heavy (non-hydrogen) atoms. The number of ether oxygens (including phenoxy) is 2. The van der Waals surface area contributed by atoms with Crippen LogP contribution in [0.25, 0.3) is 0 Å². The second kappa shape index (κ2) is 11.6. The van der Waals surface area contributed by atoms with E-state index < -0.39 is 59.2 Å². The number of hydrogen-bond acceptors (Lipinski definition) is 9. The van der Waals surface area contributed by atoms with Crippen molar-refractivity contribution in [2.24, 2.45) is 0 Å². The molecule has 0 aliphatic carbocycles. The molecule has 3 atom stereocenters. The molecule has 1 aromatic rings. The molecule has 0 unspecified atom stereocenters. The predicted molar refractivity (Wildman–Crippen MR) is 149 cm³/mol. The van der Waals surface area contributed by atoms with Crippen molar-refractivity contribution in [2.75, 3.05) is 0 Å². The van der Waals surface area contributed by atoms with Gasteiger partial charge in [-0.25, -0.2) is 22.7 Å². The van der Waals surface area contributed by atoms with Crippen LogP contribution in [0.4, 0.5) is 15.3 Å². The number of hydrogen-bond donors (Lipinski definition) is 2. The first-order chi connectivity index (χ1) is 18.1. The quantitative estimate of drug-likeness (QED) is 0.140. The van der Waals surface area contributed by atoms with Gasteiger partial charge in [-0.2, -0.15) is 0 Å². The summed E-state index contributed by atoms with van der Waals surface area (Å²) in [5.41, 5.74) is -1.15. The Labute approximate surface area is 235 Å². The largest absolute Gasteiger partial charge is 0.444 e. The number of alkyl carbamates (subject to hydrolysis) is 1. The Balaban J connectivity index is 2.37. The van der Waals surface area contributed by atoms with Crippen LogP contribution in [0.2, 0.25) is 18.1 Å². The van der Waals surface area contributed by atoms with Gasteiger partial charge in [0.05, 0.1) is 15.9 Å². The number of nitrogens with one attached hydrogen (secondary N) is 2. The van der Waals surface area contributed by atoms with Crippen LogP contribution in [-0.2, 0) is 24.3 Å². The third-order valence-electron chi connectivity index (χ3n) is 6.87. The van der Waals surface area contributed by atoms with E-state index in [1.54, 1.807) is 30.1 Å². The summed E-state index contributed by atoms with van der Waals surface area (Å²) in [7, 11) is -7.01. The number of nitro benzene ring substituents is 1. The smallest absolute Gasteiger partial charge is 0.421 e. The van der Waals surface area contributed by atoms with Crippen LogP contribution in [0.3, 0.4) is 0 Å². The Kier molecular flexibility index (Phi) is 9.47. The molecule has 0 radical (unpaired) electrons. The summed E-state index contributed by atoms with van der Waals surface area (Å²) in [6, 6.07) is 2.04. The van der Waals surface area contributed by atoms with Gasteiger partial charge in [0.1, 0.15) is 17.7 Å². The minimum Gasteiger partial charge on any atom is -0.444 e. The lowest BCUT2D eigenvalue weighted by molar-refractivity contribution is -0.384. The molecular weight excluding hydrogens is 560 g/mol. The molecule has 2 rings (SSSR count). The van der Waals surface area contributed by atoms with Gasteiger partial charge in [0.2, 0.25) is 5.91 Å². The second-order valence-electron chi connectivity index (χ2n) is 12.0. The zero-order valence-electron chi connectivity index (χ0n) is 24.0. The van der Waals surface area contributed by atoms with E-state index in [0.717, 1.165) is 24.3 Å². The molecule has 0 spiro atoms. The summed E-state index contributed by atoms with van der Waals surface area (Å²) >= 11 is 0. The van der Waals surface area contributed by atoms with Gasteiger partial charge in [0.15, 0.2) is 8.24 Å². The lowest BCUT2D eigenvalue weighted by Crippen LogP contribution is -2.81. The van der Waals surface area contributed by atoms with Crippen LogP contribution in [0.15, 0.2) is 41.8 Å². The van der Waals surface area contributed by atoms with Crippen molar-refractivity contribution in [2.45, 2.75) is 94.8 Å². The number of non-ortho nitro benzene ring substituents is 1. The Bertz CT molecular complexity index is 1270. The summed E-state index contributed by atoms with van der Waals surface area (Å²) < 4.78 is 39.8. The fourth-order valence-corrected chi connectivity index (χ4v) is 7.33. The van der Waals surface area contributed by atoms with E-state index >= 15 is 0 Å². The van der Waals surface area contributed by atoms with Crippen LogP contribution >= 0.6 is 0 Å². The Hall–Kier alpha value is -3.46. The van der Waals surface area contributed by atoms with Crippen molar-refractivity contribution in [3.63, 3.8) is 0 Å². The normalized spacial score (nSPS) is 18.7. The zero-order valence-corrected chi connectivity index (χ0v) is 25.8. The number of carbonyl (C=O) groups is 3. The zero-order chi connectivity index (χ0) is 30.8. The van der Waals surface area contributed by atoms with Crippen LogP contribution in [0.5, 0.6) is 0 Å². The molecule has 1 aromatic carbocycles. The van der Waals surface area contributed by atoms with E-state index in [-0.39, 0.29) is 27.9 Å². The van der Waals surface area contributed by atoms with Crippen molar-refractivity contribution in [1.82, 2.24) is 14.6 Å². The van der Waals surface area contributed by atoms with E-state index in [1.165, 1.54) is 6.08 Å². The van der Waals surface area contributed by atoms with Gasteiger partial charge in [-0.1, -0.05) is 39.9 Å². The average Bonchev–Trinajstić information content (AvgIpc) is 2.78. The number of sulfonamides is 1. The number of β-lactam (4-membered cyclic amide) rings is 1. The lowest BCUT2D eigenvalue weighted by Gasteiger charge is -2.59. The lowest BCUT2D eigenvalue weighted by atomic mass is 9.91. The number of benzene rings is 1. The van der Waals surface area contributed by atoms with Crippen molar-refractivity contribution in [1.29, 1.82) is 0 Å². The maximum Gasteiger partial charge on any atom is 0.421 e. The molecule has 0 bridgehead atoms. The fourth-order valence-electron chi connectivity index (χ4n) is 3.98. The highest BCUT2D eigenvalue weighted by atomic mass is 32.2. The van der Waals surface area contributed by atoms with Crippen LogP contribution < -0.4 is 10.0 Å². The molecule has 0 aromatic heterocycles. The molecule has 2 N–H and O–H groups in total. The minimum absolute atomic E-state index is 0.0422. The van der Waals surface area contributed by atoms with Gasteiger partial charge >= 0.3 is 12.2 Å². The first kappa shape index (κ1) is 32.7. The van der Waals surface area contributed by atoms with Gasteiger partial charge in [-0.3, -0.25) is 14.9 Å². The van der Waals surface area contributed by atoms with Gasteiger partial charge in [0, 0.05) is 18.6 Å².